The molecule has 5 nitrogen and oxygen atoms in total. The van der Waals surface area contributed by atoms with Gasteiger partial charge in [0.1, 0.15) is 0 Å². The first-order valence-corrected chi connectivity index (χ1v) is 8.92. The highest BCUT2D eigenvalue weighted by molar-refractivity contribution is 8.00. The zero-order chi connectivity index (χ0) is 16.8. The lowest BCUT2D eigenvalue weighted by Gasteiger charge is -2.14. The fourth-order valence-electron chi connectivity index (χ4n) is 2.41. The topological polar surface area (TPSA) is 59.3 Å². The van der Waals surface area contributed by atoms with Gasteiger partial charge in [0.05, 0.1) is 10.9 Å². The Labute approximate surface area is 145 Å². The first-order chi connectivity index (χ1) is 11.8. The number of rotatable bonds is 7. The second kappa shape index (κ2) is 7.97. The standard InChI is InChI=1S/C18H20N4OS/c1-2-16(24-15-7-4-3-5-8-15)17(23)19-11-9-14-13-22-12-6-10-20-18(22)21-14/h3-8,10,12-13,16H,2,9,11H2,1H3,(H,19,23). The van der Waals surface area contributed by atoms with E-state index in [-0.39, 0.29) is 11.2 Å². The SMILES string of the molecule is CCC(Sc1ccccc1)C(=O)NCCc1cn2cccnc2n1. The zero-order valence-electron chi connectivity index (χ0n) is 13.6. The maximum absolute atomic E-state index is 12.4. The summed E-state index contributed by atoms with van der Waals surface area (Å²) >= 11 is 1.61. The summed E-state index contributed by atoms with van der Waals surface area (Å²) in [5.41, 5.74) is 0.928. The van der Waals surface area contributed by atoms with E-state index in [9.17, 15) is 4.79 Å². The summed E-state index contributed by atoms with van der Waals surface area (Å²) in [4.78, 5) is 22.1. The molecular weight excluding hydrogens is 320 g/mol. The smallest absolute Gasteiger partial charge is 0.233 e. The van der Waals surface area contributed by atoms with E-state index >= 15 is 0 Å². The Kier molecular flexibility index (Phi) is 5.48. The van der Waals surface area contributed by atoms with Crippen LogP contribution in [0.5, 0.6) is 0 Å². The summed E-state index contributed by atoms with van der Waals surface area (Å²) in [5, 5.41) is 2.94. The highest BCUT2D eigenvalue weighted by atomic mass is 32.2. The highest BCUT2D eigenvalue weighted by Gasteiger charge is 2.17. The van der Waals surface area contributed by atoms with Gasteiger partial charge >= 0.3 is 0 Å². The number of imidazole rings is 1. The molecule has 0 fully saturated rings. The second-order valence-corrected chi connectivity index (χ2v) is 6.70. The molecule has 0 aliphatic heterocycles. The molecule has 0 spiro atoms. The molecule has 0 radical (unpaired) electrons. The number of hydrogen-bond donors (Lipinski definition) is 1. The third-order valence-electron chi connectivity index (χ3n) is 3.65. The number of fused-ring (bicyclic) bond motifs is 1. The molecule has 1 N–H and O–H groups in total. The van der Waals surface area contributed by atoms with Crippen LogP contribution < -0.4 is 5.32 Å². The van der Waals surface area contributed by atoms with E-state index < -0.39 is 0 Å². The van der Waals surface area contributed by atoms with Crippen molar-refractivity contribution >= 4 is 23.4 Å². The largest absolute Gasteiger partial charge is 0.355 e. The van der Waals surface area contributed by atoms with E-state index in [1.807, 2.05) is 60.1 Å². The van der Waals surface area contributed by atoms with Crippen LogP contribution in [0, 0.1) is 0 Å². The number of carbonyl (C=O) groups is 1. The molecule has 0 aliphatic rings. The van der Waals surface area contributed by atoms with Gasteiger partial charge in [-0.15, -0.1) is 11.8 Å². The Hall–Kier alpha value is -2.34. The molecule has 2 heterocycles. The van der Waals surface area contributed by atoms with Crippen molar-refractivity contribution in [2.45, 2.75) is 29.9 Å². The number of hydrogen-bond acceptors (Lipinski definition) is 4. The van der Waals surface area contributed by atoms with Crippen molar-refractivity contribution in [3.8, 4) is 0 Å². The predicted octanol–water partition coefficient (Wildman–Crippen LogP) is 2.96. The van der Waals surface area contributed by atoms with E-state index in [0.29, 0.717) is 18.7 Å². The molecule has 24 heavy (non-hydrogen) atoms. The minimum absolute atomic E-state index is 0.0739. The Morgan fingerprint density at radius 3 is 2.88 bits per heavy atom. The zero-order valence-corrected chi connectivity index (χ0v) is 14.4. The Morgan fingerprint density at radius 2 is 2.12 bits per heavy atom. The molecule has 0 saturated carbocycles. The number of benzene rings is 1. The summed E-state index contributed by atoms with van der Waals surface area (Å²) in [6, 6.07) is 11.9. The average molecular weight is 340 g/mol. The molecule has 1 amide bonds. The molecule has 2 aromatic heterocycles. The maximum atomic E-state index is 12.4. The summed E-state index contributed by atoms with van der Waals surface area (Å²) < 4.78 is 1.89. The van der Waals surface area contributed by atoms with Gasteiger partial charge in [-0.05, 0) is 24.6 Å². The van der Waals surface area contributed by atoms with Crippen LogP contribution in [-0.2, 0) is 11.2 Å². The normalized spacial score (nSPS) is 12.2. The van der Waals surface area contributed by atoms with Gasteiger partial charge in [-0.25, -0.2) is 9.97 Å². The van der Waals surface area contributed by atoms with E-state index in [0.717, 1.165) is 17.0 Å². The Morgan fingerprint density at radius 1 is 1.29 bits per heavy atom. The van der Waals surface area contributed by atoms with E-state index in [1.165, 1.54) is 0 Å². The molecule has 1 atom stereocenters. The summed E-state index contributed by atoms with van der Waals surface area (Å²) in [7, 11) is 0. The van der Waals surface area contributed by atoms with Crippen LogP contribution >= 0.6 is 11.8 Å². The molecule has 6 heteroatoms. The van der Waals surface area contributed by atoms with Crippen LogP contribution in [0.1, 0.15) is 19.0 Å². The van der Waals surface area contributed by atoms with Crippen molar-refractivity contribution < 1.29 is 4.79 Å². The lowest BCUT2D eigenvalue weighted by atomic mass is 10.3. The van der Waals surface area contributed by atoms with Crippen LogP contribution in [0.25, 0.3) is 5.78 Å². The first kappa shape index (κ1) is 16.5. The fraction of sp³-hybridized carbons (Fsp3) is 0.278. The monoisotopic (exact) mass is 340 g/mol. The van der Waals surface area contributed by atoms with Crippen molar-refractivity contribution in [2.24, 2.45) is 0 Å². The number of amides is 1. The van der Waals surface area contributed by atoms with Crippen LogP contribution in [0.2, 0.25) is 0 Å². The molecule has 124 valence electrons. The van der Waals surface area contributed by atoms with Crippen molar-refractivity contribution in [3.63, 3.8) is 0 Å². The highest BCUT2D eigenvalue weighted by Crippen LogP contribution is 2.25. The Balaban J connectivity index is 1.52. The van der Waals surface area contributed by atoms with Crippen LogP contribution in [0.15, 0.2) is 59.9 Å². The summed E-state index contributed by atoms with van der Waals surface area (Å²) in [6.07, 6.45) is 7.08. The van der Waals surface area contributed by atoms with Gasteiger partial charge in [-0.2, -0.15) is 0 Å². The van der Waals surface area contributed by atoms with Crippen molar-refractivity contribution in [1.29, 1.82) is 0 Å². The number of nitrogens with zero attached hydrogens (tertiary/aromatic N) is 3. The van der Waals surface area contributed by atoms with Gasteiger partial charge in [-0.1, -0.05) is 25.1 Å². The molecule has 0 aliphatic carbocycles. The van der Waals surface area contributed by atoms with Crippen molar-refractivity contribution in [1.82, 2.24) is 19.7 Å². The minimum atomic E-state index is -0.0739. The predicted molar refractivity (Wildman–Crippen MR) is 96.1 cm³/mol. The number of nitrogens with one attached hydrogen (secondary N) is 1. The average Bonchev–Trinajstić information content (AvgIpc) is 3.03. The van der Waals surface area contributed by atoms with Gasteiger partial charge in [0.2, 0.25) is 11.7 Å². The van der Waals surface area contributed by atoms with Crippen molar-refractivity contribution in [2.75, 3.05) is 6.54 Å². The number of aromatic nitrogens is 3. The quantitative estimate of drug-likeness (QED) is 0.672. The first-order valence-electron chi connectivity index (χ1n) is 8.04. The summed E-state index contributed by atoms with van der Waals surface area (Å²) in [5.74, 6) is 0.762. The number of thioether (sulfide) groups is 1. The third-order valence-corrected chi connectivity index (χ3v) is 5.03. The fourth-order valence-corrected chi connectivity index (χ4v) is 3.41. The second-order valence-electron chi connectivity index (χ2n) is 5.43. The van der Waals surface area contributed by atoms with E-state index in [4.69, 9.17) is 0 Å². The van der Waals surface area contributed by atoms with Crippen LogP contribution in [0.4, 0.5) is 0 Å². The lowest BCUT2D eigenvalue weighted by molar-refractivity contribution is -0.120. The van der Waals surface area contributed by atoms with Gasteiger partial charge in [0.25, 0.3) is 0 Å². The van der Waals surface area contributed by atoms with Gasteiger partial charge in [0, 0.05) is 36.5 Å². The number of carbonyl (C=O) groups excluding carboxylic acids is 1. The van der Waals surface area contributed by atoms with E-state index in [2.05, 4.69) is 15.3 Å². The van der Waals surface area contributed by atoms with Crippen LogP contribution in [-0.4, -0.2) is 32.1 Å². The molecule has 3 rings (SSSR count). The van der Waals surface area contributed by atoms with Gasteiger partial charge in [-0.3, -0.25) is 9.20 Å². The van der Waals surface area contributed by atoms with Gasteiger partial charge in [0.15, 0.2) is 0 Å². The summed E-state index contributed by atoms with van der Waals surface area (Å²) in [6.45, 7) is 2.61. The van der Waals surface area contributed by atoms with Gasteiger partial charge < -0.3 is 5.32 Å². The molecule has 0 saturated heterocycles. The molecule has 0 bridgehead atoms. The lowest BCUT2D eigenvalue weighted by Crippen LogP contribution is -2.33. The third kappa shape index (κ3) is 4.14. The van der Waals surface area contributed by atoms with Crippen LogP contribution in [0.3, 0.4) is 0 Å². The Bertz CT molecular complexity index is 770. The molecule has 1 unspecified atom stereocenters. The van der Waals surface area contributed by atoms with E-state index in [1.54, 1.807) is 18.0 Å². The molecule has 1 aromatic carbocycles. The van der Waals surface area contributed by atoms with Crippen molar-refractivity contribution in [3.05, 3.63) is 60.7 Å². The minimum Gasteiger partial charge on any atom is -0.355 e. The molecule has 3 aromatic rings. The molecular formula is C18H20N4OS. The maximum Gasteiger partial charge on any atom is 0.233 e.